The van der Waals surface area contributed by atoms with Gasteiger partial charge < -0.3 is 25.6 Å². The molecule has 7 heteroatoms. The molecule has 1 amide bonds. The smallest absolute Gasteiger partial charge is 0.407 e. The number of carbonyl (C=O) groups is 2. The number of nitrogens with one attached hydrogen (secondary N) is 1. The van der Waals surface area contributed by atoms with Gasteiger partial charge in [-0.1, -0.05) is 60.7 Å². The third-order valence-electron chi connectivity index (χ3n) is 5.23. The highest BCUT2D eigenvalue weighted by Crippen LogP contribution is 2.17. The number of benzene rings is 2. The molecule has 0 bridgehead atoms. The first-order valence-electron chi connectivity index (χ1n) is 11.2. The molecule has 0 spiro atoms. The average molecular weight is 459 g/mol. The zero-order valence-electron chi connectivity index (χ0n) is 20.2. The van der Waals surface area contributed by atoms with Crippen LogP contribution in [0, 0.1) is 0 Å². The van der Waals surface area contributed by atoms with Gasteiger partial charge in [-0.2, -0.15) is 0 Å². The van der Waals surface area contributed by atoms with Crippen molar-refractivity contribution in [3.05, 3.63) is 71.8 Å². The second-order valence-electron chi connectivity index (χ2n) is 8.45. The molecule has 0 saturated heterocycles. The van der Waals surface area contributed by atoms with Crippen molar-refractivity contribution in [3.8, 4) is 0 Å². The fourth-order valence-electron chi connectivity index (χ4n) is 2.97. The molecular weight excluding hydrogens is 420 g/mol. The van der Waals surface area contributed by atoms with E-state index in [2.05, 4.69) is 22.2 Å². The van der Waals surface area contributed by atoms with Gasteiger partial charge in [-0.25, -0.2) is 9.59 Å². The normalized spacial score (nSPS) is 14.0. The number of alkyl carbamates (subject to hydrolysis) is 1. The molecule has 4 N–H and O–H groups in total. The second kappa shape index (κ2) is 14.3. The average Bonchev–Trinajstić information content (AvgIpc) is 2.83. The Hall–Kier alpha value is -2.90. The number of esters is 1. The van der Waals surface area contributed by atoms with E-state index in [1.165, 1.54) is 12.7 Å². The summed E-state index contributed by atoms with van der Waals surface area (Å²) in [6, 6.07) is 19.9. The van der Waals surface area contributed by atoms with Gasteiger partial charge in [0.25, 0.3) is 0 Å². The van der Waals surface area contributed by atoms with Gasteiger partial charge in [-0.3, -0.25) is 0 Å². The van der Waals surface area contributed by atoms with Crippen LogP contribution in [-0.2, 0) is 27.1 Å². The summed E-state index contributed by atoms with van der Waals surface area (Å²) in [5, 5.41) is 11.5. The van der Waals surface area contributed by atoms with Crippen LogP contribution in [-0.4, -0.2) is 48.6 Å². The summed E-state index contributed by atoms with van der Waals surface area (Å²) in [7, 11) is 1.26. The van der Waals surface area contributed by atoms with Gasteiger partial charge in [-0.15, -0.1) is 0 Å². The van der Waals surface area contributed by atoms with Crippen LogP contribution in [0.2, 0.25) is 0 Å². The zero-order chi connectivity index (χ0) is 24.7. The Kier molecular flexibility index (Phi) is 12.2. The number of methoxy groups -OCH3 is 1. The summed E-state index contributed by atoms with van der Waals surface area (Å²) in [5.74, 6) is -0.457. The molecule has 182 valence electrons. The summed E-state index contributed by atoms with van der Waals surface area (Å²) < 4.78 is 9.60. The molecule has 2 aromatic rings. The molecule has 0 aliphatic rings. The van der Waals surface area contributed by atoms with Gasteiger partial charge in [0.2, 0.25) is 0 Å². The van der Waals surface area contributed by atoms with Crippen LogP contribution in [0.5, 0.6) is 0 Å². The molecule has 0 aliphatic heterocycles. The SMILES string of the molecule is CC(N)(CO)CCc1ccccc1.CCOC(=O)C(C)(CCc1ccccc1)NC(=O)OC. The lowest BCUT2D eigenvalue weighted by Gasteiger charge is -2.27. The van der Waals surface area contributed by atoms with Crippen molar-refractivity contribution in [3.63, 3.8) is 0 Å². The first-order chi connectivity index (χ1) is 15.7. The Bertz CT molecular complexity index is 827. The fraction of sp³-hybridized carbons (Fsp3) is 0.462. The number of carbonyl (C=O) groups excluding carboxylic acids is 2. The molecule has 0 aliphatic carbocycles. The highest BCUT2D eigenvalue weighted by Gasteiger charge is 2.36. The van der Waals surface area contributed by atoms with Crippen molar-refractivity contribution >= 4 is 12.1 Å². The number of hydrogen-bond acceptors (Lipinski definition) is 6. The van der Waals surface area contributed by atoms with Crippen LogP contribution in [0.4, 0.5) is 4.79 Å². The highest BCUT2D eigenvalue weighted by atomic mass is 16.5. The van der Waals surface area contributed by atoms with E-state index in [-0.39, 0.29) is 13.2 Å². The Morgan fingerprint density at radius 1 is 0.939 bits per heavy atom. The standard InChI is InChI=1S/C15H21NO4.C11H17NO/c1-4-20-13(17)15(2,16-14(18)19-3)11-10-12-8-6-5-7-9-12;1-11(12,9-13)8-7-10-5-3-2-4-6-10/h5-9H,4,10-11H2,1-3H3,(H,16,18);2-6,13H,7-9,12H2,1H3. The van der Waals surface area contributed by atoms with Crippen molar-refractivity contribution in [1.82, 2.24) is 5.32 Å². The molecule has 2 unspecified atom stereocenters. The Morgan fingerprint density at radius 3 is 1.85 bits per heavy atom. The number of aliphatic hydroxyl groups excluding tert-OH is 1. The Balaban J connectivity index is 0.000000361. The summed E-state index contributed by atoms with van der Waals surface area (Å²) >= 11 is 0. The van der Waals surface area contributed by atoms with Crippen LogP contribution in [0.25, 0.3) is 0 Å². The van der Waals surface area contributed by atoms with E-state index in [1.807, 2.05) is 55.5 Å². The minimum absolute atomic E-state index is 0.0415. The lowest BCUT2D eigenvalue weighted by Crippen LogP contribution is -2.53. The first kappa shape index (κ1) is 28.1. The molecule has 0 fully saturated rings. The quantitative estimate of drug-likeness (QED) is 0.469. The maximum atomic E-state index is 12.0. The Labute approximate surface area is 197 Å². The van der Waals surface area contributed by atoms with Crippen LogP contribution in [0.1, 0.15) is 44.7 Å². The van der Waals surface area contributed by atoms with E-state index in [9.17, 15) is 9.59 Å². The number of nitrogens with two attached hydrogens (primary N) is 1. The summed E-state index contributed by atoms with van der Waals surface area (Å²) in [6.45, 7) is 5.55. The van der Waals surface area contributed by atoms with Crippen molar-refractivity contribution < 1.29 is 24.2 Å². The third-order valence-corrected chi connectivity index (χ3v) is 5.23. The molecule has 7 nitrogen and oxygen atoms in total. The Morgan fingerprint density at radius 2 is 1.42 bits per heavy atom. The maximum absolute atomic E-state index is 12.0. The van der Waals surface area contributed by atoms with Crippen LogP contribution >= 0.6 is 0 Å². The molecular formula is C26H38N2O5. The largest absolute Gasteiger partial charge is 0.464 e. The maximum Gasteiger partial charge on any atom is 0.407 e. The van der Waals surface area contributed by atoms with Gasteiger partial charge in [0, 0.05) is 5.54 Å². The van der Waals surface area contributed by atoms with Crippen LogP contribution < -0.4 is 11.1 Å². The van der Waals surface area contributed by atoms with Crippen LogP contribution in [0.3, 0.4) is 0 Å². The second-order valence-corrected chi connectivity index (χ2v) is 8.45. The first-order valence-corrected chi connectivity index (χ1v) is 11.2. The molecule has 33 heavy (non-hydrogen) atoms. The monoisotopic (exact) mass is 458 g/mol. The predicted octanol–water partition coefficient (Wildman–Crippen LogP) is 3.63. The van der Waals surface area contributed by atoms with Crippen molar-refractivity contribution in [2.75, 3.05) is 20.3 Å². The molecule has 2 aromatic carbocycles. The van der Waals surface area contributed by atoms with Crippen LogP contribution in [0.15, 0.2) is 60.7 Å². The minimum Gasteiger partial charge on any atom is -0.464 e. The predicted molar refractivity (Wildman–Crippen MR) is 130 cm³/mol. The van der Waals surface area contributed by atoms with E-state index in [1.54, 1.807) is 13.8 Å². The van der Waals surface area contributed by atoms with E-state index in [0.29, 0.717) is 12.8 Å². The number of ether oxygens (including phenoxy) is 2. The van der Waals surface area contributed by atoms with Crippen molar-refractivity contribution in [2.45, 2.75) is 57.5 Å². The van der Waals surface area contributed by atoms with Gasteiger partial charge >= 0.3 is 12.1 Å². The zero-order valence-corrected chi connectivity index (χ0v) is 20.2. The van der Waals surface area contributed by atoms with E-state index < -0.39 is 23.1 Å². The topological polar surface area (TPSA) is 111 Å². The molecule has 0 heterocycles. The molecule has 0 saturated carbocycles. The fourth-order valence-corrected chi connectivity index (χ4v) is 2.97. The lowest BCUT2D eigenvalue weighted by atomic mass is 9.93. The van der Waals surface area contributed by atoms with E-state index >= 15 is 0 Å². The summed E-state index contributed by atoms with van der Waals surface area (Å²) in [5.41, 5.74) is 6.63. The number of aliphatic hydroxyl groups is 1. The summed E-state index contributed by atoms with van der Waals surface area (Å²) in [4.78, 5) is 23.5. The lowest BCUT2D eigenvalue weighted by molar-refractivity contribution is -0.150. The van der Waals surface area contributed by atoms with Crippen molar-refractivity contribution in [2.24, 2.45) is 5.73 Å². The van der Waals surface area contributed by atoms with Gasteiger partial charge in [0.15, 0.2) is 0 Å². The van der Waals surface area contributed by atoms with Gasteiger partial charge in [0.05, 0.1) is 20.3 Å². The molecule has 0 radical (unpaired) electrons. The highest BCUT2D eigenvalue weighted by molar-refractivity contribution is 5.85. The number of aryl methyl sites for hydroxylation is 2. The van der Waals surface area contributed by atoms with E-state index in [4.69, 9.17) is 15.6 Å². The number of rotatable bonds is 10. The molecule has 0 aromatic heterocycles. The molecule has 2 atom stereocenters. The summed E-state index contributed by atoms with van der Waals surface area (Å²) in [6.07, 6.45) is 2.18. The van der Waals surface area contributed by atoms with Crippen molar-refractivity contribution in [1.29, 1.82) is 0 Å². The molecule has 2 rings (SSSR count). The third kappa shape index (κ3) is 11.0. The van der Waals surface area contributed by atoms with Gasteiger partial charge in [-0.05, 0) is 57.6 Å². The van der Waals surface area contributed by atoms with Gasteiger partial charge in [0.1, 0.15) is 5.54 Å². The minimum atomic E-state index is -1.10. The van der Waals surface area contributed by atoms with E-state index in [0.717, 1.165) is 18.4 Å². The number of amides is 1. The number of hydrogen-bond donors (Lipinski definition) is 3.